The molecule has 4 aromatic rings. The summed E-state index contributed by atoms with van der Waals surface area (Å²) in [6.07, 6.45) is 0.0582. The monoisotopic (exact) mass is 610 g/mol. The molecular formula is C35H31ClN2O6. The van der Waals surface area contributed by atoms with E-state index in [1.807, 2.05) is 48.5 Å². The van der Waals surface area contributed by atoms with Crippen molar-refractivity contribution in [1.29, 1.82) is 5.26 Å². The Morgan fingerprint density at radius 1 is 0.977 bits per heavy atom. The minimum Gasteiger partial charge on any atom is -0.493 e. The molecule has 0 saturated carbocycles. The van der Waals surface area contributed by atoms with Crippen molar-refractivity contribution in [3.8, 4) is 34.8 Å². The average molecular weight is 611 g/mol. The number of rotatable bonds is 10. The molecule has 2 atom stereocenters. The second-order valence-electron chi connectivity index (χ2n) is 10.1. The fourth-order valence-electron chi connectivity index (χ4n) is 4.82. The van der Waals surface area contributed by atoms with Crippen molar-refractivity contribution < 1.29 is 28.5 Å². The highest BCUT2D eigenvalue weighted by atomic mass is 35.5. The normalized spacial score (nSPS) is 14.5. The maximum Gasteiger partial charge on any atom is 0.352 e. The number of hydrogen-bond acceptors (Lipinski definition) is 8. The minimum absolute atomic E-state index is 0.0391. The third-order valence-electron chi connectivity index (χ3n) is 7.21. The van der Waals surface area contributed by atoms with Crippen LogP contribution in [-0.4, -0.2) is 19.2 Å². The molecule has 0 aliphatic carbocycles. The predicted octanol–water partition coefficient (Wildman–Crippen LogP) is 7.08. The van der Waals surface area contributed by atoms with Gasteiger partial charge in [-0.3, -0.25) is 0 Å². The summed E-state index contributed by atoms with van der Waals surface area (Å²) in [6, 6.07) is 27.5. The number of aryl methyl sites for hydroxylation is 1. The van der Waals surface area contributed by atoms with E-state index in [2.05, 4.69) is 13.0 Å². The average Bonchev–Trinajstić information content (AvgIpc) is 3.04. The first-order chi connectivity index (χ1) is 21.3. The molecule has 0 bridgehead atoms. The van der Waals surface area contributed by atoms with Crippen LogP contribution in [0, 0.1) is 11.3 Å². The molecule has 5 rings (SSSR count). The Kier molecular flexibility index (Phi) is 9.27. The number of esters is 1. The van der Waals surface area contributed by atoms with Crippen molar-refractivity contribution in [3.63, 3.8) is 0 Å². The number of ether oxygens (including phenoxy) is 5. The van der Waals surface area contributed by atoms with E-state index in [0.29, 0.717) is 40.2 Å². The maximum absolute atomic E-state index is 12.8. The summed E-state index contributed by atoms with van der Waals surface area (Å²) < 4.78 is 28.8. The predicted molar refractivity (Wildman–Crippen MR) is 166 cm³/mol. The second-order valence-corrected chi connectivity index (χ2v) is 10.6. The third-order valence-corrected chi connectivity index (χ3v) is 7.47. The Morgan fingerprint density at radius 2 is 1.68 bits per heavy atom. The van der Waals surface area contributed by atoms with Gasteiger partial charge in [0.25, 0.3) is 0 Å². The lowest BCUT2D eigenvalue weighted by Crippen LogP contribution is -2.28. The molecule has 1 aliphatic rings. The van der Waals surface area contributed by atoms with Crippen molar-refractivity contribution in [1.82, 2.24) is 0 Å². The quantitative estimate of drug-likeness (QED) is 0.150. The van der Waals surface area contributed by atoms with Crippen LogP contribution in [0.5, 0.6) is 28.7 Å². The van der Waals surface area contributed by atoms with Crippen LogP contribution >= 0.6 is 11.6 Å². The SMILES string of the molecule is CCc1ccc(OC(C)C(=O)Oc2ccc3c(c2)OC(N)=C(C#N)C3c2ccc(OCc3ccc(Cl)cc3)c(OC)c2)cc1. The largest absolute Gasteiger partial charge is 0.493 e. The van der Waals surface area contributed by atoms with Gasteiger partial charge in [0.2, 0.25) is 5.88 Å². The van der Waals surface area contributed by atoms with Crippen LogP contribution in [0.1, 0.15) is 42.0 Å². The first-order valence-corrected chi connectivity index (χ1v) is 14.4. The smallest absolute Gasteiger partial charge is 0.352 e. The summed E-state index contributed by atoms with van der Waals surface area (Å²) in [7, 11) is 1.55. The van der Waals surface area contributed by atoms with Crippen molar-refractivity contribution in [3.05, 3.63) is 124 Å². The highest BCUT2D eigenvalue weighted by Gasteiger charge is 2.32. The number of nitrogens with two attached hydrogens (primary N) is 1. The van der Waals surface area contributed by atoms with Gasteiger partial charge in [0, 0.05) is 16.7 Å². The van der Waals surface area contributed by atoms with Gasteiger partial charge >= 0.3 is 5.97 Å². The molecule has 9 heteroatoms. The van der Waals surface area contributed by atoms with E-state index in [1.165, 1.54) is 5.56 Å². The number of nitriles is 1. The van der Waals surface area contributed by atoms with E-state index in [1.54, 1.807) is 50.4 Å². The van der Waals surface area contributed by atoms with Gasteiger partial charge in [-0.2, -0.15) is 5.26 Å². The summed E-state index contributed by atoms with van der Waals surface area (Å²) in [5.74, 6) is 1.05. The van der Waals surface area contributed by atoms with Gasteiger partial charge in [0.15, 0.2) is 17.6 Å². The molecule has 0 aromatic heterocycles. The summed E-state index contributed by atoms with van der Waals surface area (Å²) in [5, 5.41) is 10.6. The number of hydrogen-bond donors (Lipinski definition) is 1. The number of carbonyl (C=O) groups excluding carboxylic acids is 1. The summed E-state index contributed by atoms with van der Waals surface area (Å²) in [4.78, 5) is 12.8. The first kappa shape index (κ1) is 30.3. The number of fused-ring (bicyclic) bond motifs is 1. The molecule has 1 aliphatic heterocycles. The van der Waals surface area contributed by atoms with Gasteiger partial charge in [-0.1, -0.05) is 54.9 Å². The second kappa shape index (κ2) is 13.4. The molecule has 1 heterocycles. The minimum atomic E-state index is -0.852. The van der Waals surface area contributed by atoms with Crippen molar-refractivity contribution >= 4 is 17.6 Å². The lowest BCUT2D eigenvalue weighted by atomic mass is 9.83. The van der Waals surface area contributed by atoms with E-state index in [9.17, 15) is 10.1 Å². The van der Waals surface area contributed by atoms with Crippen LogP contribution in [-0.2, 0) is 17.8 Å². The zero-order chi connectivity index (χ0) is 31.2. The van der Waals surface area contributed by atoms with Crippen molar-refractivity contribution in [2.45, 2.75) is 38.9 Å². The van der Waals surface area contributed by atoms with Crippen molar-refractivity contribution in [2.24, 2.45) is 5.73 Å². The molecule has 0 spiro atoms. The Labute approximate surface area is 261 Å². The van der Waals surface area contributed by atoms with Gasteiger partial charge in [0.1, 0.15) is 35.5 Å². The molecular weight excluding hydrogens is 580 g/mol. The van der Waals surface area contributed by atoms with Gasteiger partial charge in [-0.25, -0.2) is 4.79 Å². The fraction of sp³-hybridized carbons (Fsp3) is 0.200. The topological polar surface area (TPSA) is 113 Å². The molecule has 2 N–H and O–H groups in total. The molecule has 2 unspecified atom stereocenters. The summed E-state index contributed by atoms with van der Waals surface area (Å²) >= 11 is 5.98. The molecule has 0 radical (unpaired) electrons. The van der Waals surface area contributed by atoms with Crippen LogP contribution in [0.2, 0.25) is 5.02 Å². The van der Waals surface area contributed by atoms with Gasteiger partial charge < -0.3 is 29.4 Å². The van der Waals surface area contributed by atoms with Crippen LogP contribution in [0.25, 0.3) is 0 Å². The van der Waals surface area contributed by atoms with E-state index in [4.69, 9.17) is 41.0 Å². The number of halogens is 1. The maximum atomic E-state index is 12.8. The number of methoxy groups -OCH3 is 1. The molecule has 44 heavy (non-hydrogen) atoms. The van der Waals surface area contributed by atoms with Gasteiger partial charge in [-0.15, -0.1) is 0 Å². The summed E-state index contributed by atoms with van der Waals surface area (Å²) in [6.45, 7) is 4.01. The summed E-state index contributed by atoms with van der Waals surface area (Å²) in [5.41, 5.74) is 9.98. The highest BCUT2D eigenvalue weighted by Crippen LogP contribution is 2.45. The van der Waals surface area contributed by atoms with E-state index >= 15 is 0 Å². The van der Waals surface area contributed by atoms with Crippen LogP contribution in [0.3, 0.4) is 0 Å². The Bertz CT molecular complexity index is 1730. The van der Waals surface area contributed by atoms with Crippen molar-refractivity contribution in [2.75, 3.05) is 7.11 Å². The zero-order valence-corrected chi connectivity index (χ0v) is 25.3. The lowest BCUT2D eigenvalue weighted by Gasteiger charge is -2.27. The molecule has 0 amide bonds. The molecule has 4 aromatic carbocycles. The molecule has 8 nitrogen and oxygen atoms in total. The molecule has 0 saturated heterocycles. The van der Waals surface area contributed by atoms with E-state index in [-0.39, 0.29) is 17.2 Å². The standard InChI is InChI=1S/C35H31ClN2O6/c1-4-22-7-12-26(13-8-22)42-21(2)35(39)43-27-14-15-28-31(18-27)44-34(38)29(19-37)33(28)24-9-16-30(32(17-24)40-3)41-20-23-5-10-25(36)11-6-23/h5-18,21,33H,4,20,38H2,1-3H3. The Hall–Kier alpha value is -5.13. The first-order valence-electron chi connectivity index (χ1n) is 14.0. The molecule has 224 valence electrons. The number of carbonyl (C=O) groups is 1. The number of allylic oxidation sites excluding steroid dienone is 1. The number of nitrogens with zero attached hydrogens (tertiary/aromatic N) is 1. The highest BCUT2D eigenvalue weighted by molar-refractivity contribution is 6.30. The lowest BCUT2D eigenvalue weighted by molar-refractivity contribution is -0.141. The van der Waals surface area contributed by atoms with Gasteiger partial charge in [-0.05, 0) is 72.5 Å². The number of benzene rings is 4. The van der Waals surface area contributed by atoms with Gasteiger partial charge in [0.05, 0.1) is 13.0 Å². The van der Waals surface area contributed by atoms with E-state index < -0.39 is 18.0 Å². The fourth-order valence-corrected chi connectivity index (χ4v) is 4.95. The zero-order valence-electron chi connectivity index (χ0n) is 24.5. The molecule has 0 fully saturated rings. The van der Waals surface area contributed by atoms with Crippen LogP contribution in [0.15, 0.2) is 96.4 Å². The van der Waals surface area contributed by atoms with Crippen LogP contribution < -0.4 is 29.4 Å². The third kappa shape index (κ3) is 6.74. The Morgan fingerprint density at radius 3 is 2.36 bits per heavy atom. The van der Waals surface area contributed by atoms with Crippen LogP contribution in [0.4, 0.5) is 0 Å². The van der Waals surface area contributed by atoms with E-state index in [0.717, 1.165) is 17.5 Å². The Balaban J connectivity index is 1.35.